The molecule has 0 fully saturated rings. The quantitative estimate of drug-likeness (QED) is 0.936. The van der Waals surface area contributed by atoms with Crippen LogP contribution in [0.25, 0.3) is 11.3 Å². The van der Waals surface area contributed by atoms with Gasteiger partial charge in [-0.25, -0.2) is 4.79 Å². The van der Waals surface area contributed by atoms with Crippen LogP contribution in [-0.2, 0) is 12.7 Å². The molecular formula is C14H13F3N2O2. The van der Waals surface area contributed by atoms with E-state index in [1.54, 1.807) is 0 Å². The molecule has 1 aromatic carbocycles. The van der Waals surface area contributed by atoms with Crippen molar-refractivity contribution >= 4 is 5.97 Å². The average molecular weight is 298 g/mol. The highest BCUT2D eigenvalue weighted by atomic mass is 19.4. The van der Waals surface area contributed by atoms with Crippen LogP contribution in [0.1, 0.15) is 29.3 Å². The van der Waals surface area contributed by atoms with Gasteiger partial charge in [0.1, 0.15) is 11.3 Å². The number of aryl methyl sites for hydroxylation is 1. The number of rotatable bonds is 4. The first-order valence-corrected chi connectivity index (χ1v) is 6.31. The predicted molar refractivity (Wildman–Crippen MR) is 69.9 cm³/mol. The highest BCUT2D eigenvalue weighted by Crippen LogP contribution is 2.31. The van der Waals surface area contributed by atoms with Gasteiger partial charge in [-0.1, -0.05) is 19.1 Å². The first-order chi connectivity index (χ1) is 9.82. The van der Waals surface area contributed by atoms with E-state index in [9.17, 15) is 18.0 Å². The molecule has 112 valence electrons. The summed E-state index contributed by atoms with van der Waals surface area (Å²) in [7, 11) is 0. The fraction of sp³-hybridized carbons (Fsp3) is 0.286. The lowest BCUT2D eigenvalue weighted by molar-refractivity contribution is -0.137. The number of benzene rings is 1. The number of carbonyl (C=O) groups is 1. The number of aromatic nitrogens is 2. The minimum atomic E-state index is -4.42. The monoisotopic (exact) mass is 298 g/mol. The molecule has 0 aliphatic heterocycles. The lowest BCUT2D eigenvalue weighted by Gasteiger charge is -2.07. The Labute approximate surface area is 118 Å². The Balaban J connectivity index is 2.43. The van der Waals surface area contributed by atoms with Crippen molar-refractivity contribution in [1.29, 1.82) is 0 Å². The Morgan fingerprint density at radius 1 is 1.29 bits per heavy atom. The number of carboxylic acid groups (broad SMARTS) is 1. The summed E-state index contributed by atoms with van der Waals surface area (Å²) in [6, 6.07) is 4.29. The SMILES string of the molecule is CCCn1cc(C(=O)O)c(-c2ccc(C(F)(F)F)cc2)n1. The zero-order chi connectivity index (χ0) is 15.6. The van der Waals surface area contributed by atoms with E-state index in [0.717, 1.165) is 18.6 Å². The average Bonchev–Trinajstić information content (AvgIpc) is 2.82. The molecule has 1 aromatic heterocycles. The van der Waals surface area contributed by atoms with Crippen molar-refractivity contribution in [2.24, 2.45) is 0 Å². The van der Waals surface area contributed by atoms with Gasteiger partial charge in [-0.15, -0.1) is 0 Å². The summed E-state index contributed by atoms with van der Waals surface area (Å²) < 4.78 is 39.0. The molecule has 4 nitrogen and oxygen atoms in total. The predicted octanol–water partition coefficient (Wildman–Crippen LogP) is 3.68. The second-order valence-electron chi connectivity index (χ2n) is 4.53. The first-order valence-electron chi connectivity index (χ1n) is 6.31. The van der Waals surface area contributed by atoms with Gasteiger partial charge >= 0.3 is 12.1 Å². The molecule has 0 radical (unpaired) electrons. The van der Waals surface area contributed by atoms with Crippen LogP contribution >= 0.6 is 0 Å². The summed E-state index contributed by atoms with van der Waals surface area (Å²) in [5.74, 6) is -1.16. The van der Waals surface area contributed by atoms with Crippen LogP contribution in [0.15, 0.2) is 30.5 Å². The van der Waals surface area contributed by atoms with Gasteiger partial charge in [-0.2, -0.15) is 18.3 Å². The van der Waals surface area contributed by atoms with Crippen LogP contribution in [0.3, 0.4) is 0 Å². The fourth-order valence-electron chi connectivity index (χ4n) is 1.95. The molecule has 0 saturated carbocycles. The molecule has 0 atom stereocenters. The zero-order valence-electron chi connectivity index (χ0n) is 11.2. The molecule has 1 N–H and O–H groups in total. The Hall–Kier alpha value is -2.31. The number of nitrogens with zero attached hydrogens (tertiary/aromatic N) is 2. The summed E-state index contributed by atoms with van der Waals surface area (Å²) in [6.07, 6.45) is -2.26. The topological polar surface area (TPSA) is 55.1 Å². The first kappa shape index (κ1) is 15.1. The normalized spacial score (nSPS) is 11.6. The second-order valence-corrected chi connectivity index (χ2v) is 4.53. The van der Waals surface area contributed by atoms with E-state index in [4.69, 9.17) is 5.11 Å². The molecule has 0 aliphatic carbocycles. The third-order valence-corrected chi connectivity index (χ3v) is 2.93. The number of carboxylic acids is 1. The number of aromatic carboxylic acids is 1. The molecular weight excluding hydrogens is 285 g/mol. The lowest BCUT2D eigenvalue weighted by Crippen LogP contribution is -2.04. The van der Waals surface area contributed by atoms with E-state index in [-0.39, 0.29) is 11.3 Å². The van der Waals surface area contributed by atoms with Crippen molar-refractivity contribution in [2.45, 2.75) is 26.1 Å². The summed E-state index contributed by atoms with van der Waals surface area (Å²) in [6.45, 7) is 2.46. The van der Waals surface area contributed by atoms with Gasteiger partial charge in [0.15, 0.2) is 0 Å². The Morgan fingerprint density at radius 3 is 2.38 bits per heavy atom. The van der Waals surface area contributed by atoms with E-state index in [1.165, 1.54) is 23.0 Å². The molecule has 0 unspecified atom stereocenters. The van der Waals surface area contributed by atoms with Gasteiger partial charge < -0.3 is 5.11 Å². The van der Waals surface area contributed by atoms with Crippen molar-refractivity contribution in [3.05, 3.63) is 41.6 Å². The van der Waals surface area contributed by atoms with Gasteiger partial charge in [-0.05, 0) is 18.6 Å². The van der Waals surface area contributed by atoms with Crippen molar-refractivity contribution in [3.8, 4) is 11.3 Å². The van der Waals surface area contributed by atoms with Crippen molar-refractivity contribution in [3.63, 3.8) is 0 Å². The van der Waals surface area contributed by atoms with Crippen molar-refractivity contribution < 1.29 is 23.1 Å². The smallest absolute Gasteiger partial charge is 0.416 e. The van der Waals surface area contributed by atoms with E-state index >= 15 is 0 Å². The molecule has 21 heavy (non-hydrogen) atoms. The maximum absolute atomic E-state index is 12.5. The minimum absolute atomic E-state index is 0.0248. The van der Waals surface area contributed by atoms with Crippen LogP contribution in [0, 0.1) is 0 Å². The highest BCUT2D eigenvalue weighted by molar-refractivity contribution is 5.94. The van der Waals surface area contributed by atoms with Gasteiger partial charge in [0.2, 0.25) is 0 Å². The van der Waals surface area contributed by atoms with E-state index in [1.807, 2.05) is 6.92 Å². The van der Waals surface area contributed by atoms with Gasteiger partial charge in [-0.3, -0.25) is 4.68 Å². The van der Waals surface area contributed by atoms with Crippen LogP contribution < -0.4 is 0 Å². The standard InChI is InChI=1S/C14H13F3N2O2/c1-2-7-19-8-11(13(20)21)12(18-19)9-3-5-10(6-4-9)14(15,16)17/h3-6,8H,2,7H2,1H3,(H,20,21). The molecule has 0 spiro atoms. The van der Waals surface area contributed by atoms with E-state index in [2.05, 4.69) is 5.10 Å². The maximum Gasteiger partial charge on any atom is 0.416 e. The summed E-state index contributed by atoms with van der Waals surface area (Å²) in [4.78, 5) is 11.2. The molecule has 7 heteroatoms. The molecule has 1 heterocycles. The molecule has 2 aromatic rings. The lowest BCUT2D eigenvalue weighted by atomic mass is 10.1. The zero-order valence-corrected chi connectivity index (χ0v) is 11.2. The number of hydrogen-bond acceptors (Lipinski definition) is 2. The largest absolute Gasteiger partial charge is 0.478 e. The minimum Gasteiger partial charge on any atom is -0.478 e. The van der Waals surface area contributed by atoms with Crippen molar-refractivity contribution in [1.82, 2.24) is 9.78 Å². The number of alkyl halides is 3. The number of hydrogen-bond donors (Lipinski definition) is 1. The molecule has 0 amide bonds. The summed E-state index contributed by atoms with van der Waals surface area (Å²) >= 11 is 0. The van der Waals surface area contributed by atoms with Crippen molar-refractivity contribution in [2.75, 3.05) is 0 Å². The Morgan fingerprint density at radius 2 is 1.90 bits per heavy atom. The Kier molecular flexibility index (Phi) is 4.02. The fourth-order valence-corrected chi connectivity index (χ4v) is 1.95. The van der Waals surface area contributed by atoms with Crippen LogP contribution in [0.5, 0.6) is 0 Å². The van der Waals surface area contributed by atoms with Gasteiger partial charge in [0.25, 0.3) is 0 Å². The molecule has 2 rings (SSSR count). The number of halogens is 3. The molecule has 0 bridgehead atoms. The maximum atomic E-state index is 12.5. The third kappa shape index (κ3) is 3.24. The van der Waals surface area contributed by atoms with Crippen LogP contribution in [-0.4, -0.2) is 20.9 Å². The molecule has 0 saturated heterocycles. The van der Waals surface area contributed by atoms with E-state index < -0.39 is 17.7 Å². The van der Waals surface area contributed by atoms with E-state index in [0.29, 0.717) is 12.1 Å². The summed E-state index contributed by atoms with van der Waals surface area (Å²) in [5, 5.41) is 13.3. The van der Waals surface area contributed by atoms with Gasteiger partial charge in [0, 0.05) is 18.3 Å². The van der Waals surface area contributed by atoms with Crippen LogP contribution in [0.4, 0.5) is 13.2 Å². The Bertz CT molecular complexity index is 645. The summed E-state index contributed by atoms with van der Waals surface area (Å²) in [5.41, 5.74) is -0.292. The van der Waals surface area contributed by atoms with Gasteiger partial charge in [0.05, 0.1) is 5.56 Å². The third-order valence-electron chi connectivity index (χ3n) is 2.93. The molecule has 0 aliphatic rings. The van der Waals surface area contributed by atoms with Crippen LogP contribution in [0.2, 0.25) is 0 Å². The second kappa shape index (κ2) is 5.59. The highest BCUT2D eigenvalue weighted by Gasteiger charge is 2.30.